The summed E-state index contributed by atoms with van der Waals surface area (Å²) < 4.78 is 10.9. The van der Waals surface area contributed by atoms with E-state index in [1.807, 2.05) is 0 Å². The van der Waals surface area contributed by atoms with Crippen molar-refractivity contribution in [2.45, 2.75) is 45.6 Å². The fraction of sp³-hybridized carbons (Fsp3) is 0.588. The lowest BCUT2D eigenvalue weighted by molar-refractivity contribution is 0.0889. The van der Waals surface area contributed by atoms with Gasteiger partial charge in [0.25, 0.3) is 0 Å². The molecule has 0 amide bonds. The van der Waals surface area contributed by atoms with Crippen LogP contribution < -0.4 is 9.47 Å². The third-order valence-corrected chi connectivity index (χ3v) is 4.73. The van der Waals surface area contributed by atoms with Gasteiger partial charge in [-0.25, -0.2) is 0 Å². The van der Waals surface area contributed by atoms with E-state index in [0.717, 1.165) is 37.9 Å². The zero-order chi connectivity index (χ0) is 15.7. The van der Waals surface area contributed by atoms with Gasteiger partial charge in [-0.3, -0.25) is 9.69 Å². The van der Waals surface area contributed by atoms with Crippen molar-refractivity contribution in [3.63, 3.8) is 0 Å². The minimum absolute atomic E-state index is 0.118. The summed E-state index contributed by atoms with van der Waals surface area (Å²) in [6.07, 6.45) is 3.51. The highest BCUT2D eigenvalue weighted by molar-refractivity contribution is 6.32. The molecule has 0 bridgehead atoms. The number of fused-ring (bicyclic) bond motifs is 3. The van der Waals surface area contributed by atoms with Gasteiger partial charge >= 0.3 is 0 Å². The molecule has 0 saturated heterocycles. The average Bonchev–Trinajstić information content (AvgIpc) is 2.94. The molecule has 2 aliphatic rings. The first kappa shape index (κ1) is 15.6. The minimum atomic E-state index is 0.118. The van der Waals surface area contributed by atoms with E-state index in [0.29, 0.717) is 28.5 Å². The molecule has 1 aromatic rings. The van der Waals surface area contributed by atoms with Crippen LogP contribution in [0.1, 0.15) is 49.0 Å². The minimum Gasteiger partial charge on any atom is -0.454 e. The van der Waals surface area contributed by atoms with Crippen molar-refractivity contribution in [3.05, 3.63) is 22.2 Å². The molecule has 0 aromatic heterocycles. The molecule has 0 fully saturated rings. The van der Waals surface area contributed by atoms with Crippen molar-refractivity contribution in [2.24, 2.45) is 0 Å². The van der Waals surface area contributed by atoms with Gasteiger partial charge in [-0.05, 0) is 37.9 Å². The number of benzene rings is 1. The molecule has 0 radical (unpaired) electrons. The van der Waals surface area contributed by atoms with Crippen molar-refractivity contribution in [3.8, 4) is 11.5 Å². The van der Waals surface area contributed by atoms with Crippen LogP contribution in [0.15, 0.2) is 6.07 Å². The first-order valence-corrected chi connectivity index (χ1v) is 8.41. The molecule has 1 atom stereocenters. The second-order valence-electron chi connectivity index (χ2n) is 5.97. The number of hydrogen-bond acceptors (Lipinski definition) is 4. The molecule has 22 heavy (non-hydrogen) atoms. The lowest BCUT2D eigenvalue weighted by Crippen LogP contribution is -2.42. The van der Waals surface area contributed by atoms with Gasteiger partial charge in [0, 0.05) is 23.6 Å². The lowest BCUT2D eigenvalue weighted by Gasteiger charge is -2.34. The molecule has 1 aliphatic carbocycles. The third-order valence-electron chi connectivity index (χ3n) is 4.39. The van der Waals surface area contributed by atoms with Crippen molar-refractivity contribution in [1.82, 2.24) is 4.90 Å². The van der Waals surface area contributed by atoms with E-state index >= 15 is 0 Å². The fourth-order valence-corrected chi connectivity index (χ4v) is 3.75. The highest BCUT2D eigenvalue weighted by Crippen LogP contribution is 2.44. The summed E-state index contributed by atoms with van der Waals surface area (Å²) in [5.41, 5.74) is 1.56. The van der Waals surface area contributed by atoms with Crippen LogP contribution in [0.2, 0.25) is 5.02 Å². The number of ketones is 1. The summed E-state index contributed by atoms with van der Waals surface area (Å²) in [7, 11) is 0. The summed E-state index contributed by atoms with van der Waals surface area (Å²) in [6, 6.07) is 2.01. The Balaban J connectivity index is 1.94. The van der Waals surface area contributed by atoms with Crippen LogP contribution in [0.3, 0.4) is 0 Å². The number of nitrogens with zero attached hydrogens (tertiary/aromatic N) is 1. The summed E-state index contributed by atoms with van der Waals surface area (Å²) >= 11 is 6.41. The molecule has 0 saturated carbocycles. The highest BCUT2D eigenvalue weighted by Gasteiger charge is 2.35. The Bertz CT molecular complexity index is 582. The van der Waals surface area contributed by atoms with Gasteiger partial charge < -0.3 is 9.47 Å². The van der Waals surface area contributed by atoms with Crippen molar-refractivity contribution in [1.29, 1.82) is 0 Å². The van der Waals surface area contributed by atoms with E-state index in [2.05, 4.69) is 18.7 Å². The molecule has 3 rings (SSSR count). The van der Waals surface area contributed by atoms with Crippen LogP contribution in [0.4, 0.5) is 0 Å². The van der Waals surface area contributed by atoms with E-state index in [1.165, 1.54) is 0 Å². The maximum absolute atomic E-state index is 12.7. The third kappa shape index (κ3) is 2.70. The quantitative estimate of drug-likeness (QED) is 0.828. The standard InChI is InChI=1S/C17H22ClNO3/c1-3-5-19(6-4-2)11-7-12-13(18)9-15-17(22-10-21-15)16(12)14(20)8-11/h9,11H,3-8,10H2,1-2H3/t11-/m1/s1. The SMILES string of the molecule is CCCN(CCC)[C@H]1CC(=O)c2c(c(Cl)cc3c2OCO3)C1. The van der Waals surface area contributed by atoms with Crippen LogP contribution in [-0.4, -0.2) is 36.6 Å². The fourth-order valence-electron chi connectivity index (χ4n) is 3.48. The zero-order valence-corrected chi connectivity index (χ0v) is 13.9. The molecule has 1 heterocycles. The predicted octanol–water partition coefficient (Wildman–Crippen LogP) is 3.69. The van der Waals surface area contributed by atoms with E-state index < -0.39 is 0 Å². The highest BCUT2D eigenvalue weighted by atomic mass is 35.5. The van der Waals surface area contributed by atoms with E-state index in [4.69, 9.17) is 21.1 Å². The van der Waals surface area contributed by atoms with Crippen molar-refractivity contribution in [2.75, 3.05) is 19.9 Å². The van der Waals surface area contributed by atoms with E-state index in [9.17, 15) is 4.79 Å². The molecule has 0 spiro atoms. The van der Waals surface area contributed by atoms with Gasteiger partial charge in [0.15, 0.2) is 17.3 Å². The Kier molecular flexibility index (Phi) is 4.59. The molecule has 120 valence electrons. The molecule has 0 N–H and O–H groups in total. The Morgan fingerprint density at radius 2 is 1.95 bits per heavy atom. The van der Waals surface area contributed by atoms with Gasteiger partial charge in [0.05, 0.1) is 5.56 Å². The summed E-state index contributed by atoms with van der Waals surface area (Å²) in [5, 5.41) is 0.616. The van der Waals surface area contributed by atoms with Crippen LogP contribution in [-0.2, 0) is 6.42 Å². The lowest BCUT2D eigenvalue weighted by atomic mass is 9.85. The van der Waals surface area contributed by atoms with Gasteiger partial charge in [-0.2, -0.15) is 0 Å². The number of ether oxygens (including phenoxy) is 2. The molecule has 0 unspecified atom stereocenters. The van der Waals surface area contributed by atoms with E-state index in [-0.39, 0.29) is 18.6 Å². The van der Waals surface area contributed by atoms with Crippen LogP contribution in [0, 0.1) is 0 Å². The van der Waals surface area contributed by atoms with E-state index in [1.54, 1.807) is 6.07 Å². The largest absolute Gasteiger partial charge is 0.454 e. The van der Waals surface area contributed by atoms with Crippen LogP contribution in [0.5, 0.6) is 11.5 Å². The van der Waals surface area contributed by atoms with Gasteiger partial charge in [0.2, 0.25) is 6.79 Å². The van der Waals surface area contributed by atoms with Crippen molar-refractivity contribution < 1.29 is 14.3 Å². The van der Waals surface area contributed by atoms with Crippen molar-refractivity contribution >= 4 is 17.4 Å². The topological polar surface area (TPSA) is 38.8 Å². The first-order valence-electron chi connectivity index (χ1n) is 8.03. The number of Topliss-reactive ketones (excluding diaryl/α,β-unsaturated/α-hetero) is 1. The maximum Gasteiger partial charge on any atom is 0.231 e. The second kappa shape index (κ2) is 6.47. The Morgan fingerprint density at radius 1 is 1.23 bits per heavy atom. The van der Waals surface area contributed by atoms with Gasteiger partial charge in [0.1, 0.15) is 0 Å². The Morgan fingerprint density at radius 3 is 2.64 bits per heavy atom. The number of halogens is 1. The molecule has 5 heteroatoms. The van der Waals surface area contributed by atoms with Gasteiger partial charge in [-0.15, -0.1) is 0 Å². The number of carbonyl (C=O) groups excluding carboxylic acids is 1. The Labute approximate surface area is 136 Å². The molecule has 1 aliphatic heterocycles. The molecular formula is C17H22ClNO3. The normalized spacial score (nSPS) is 19.6. The maximum atomic E-state index is 12.7. The molecular weight excluding hydrogens is 302 g/mol. The Hall–Kier alpha value is -1.26. The monoisotopic (exact) mass is 323 g/mol. The van der Waals surface area contributed by atoms with Crippen LogP contribution >= 0.6 is 11.6 Å². The first-order chi connectivity index (χ1) is 10.7. The predicted molar refractivity (Wildman–Crippen MR) is 86.2 cm³/mol. The summed E-state index contributed by atoms with van der Waals surface area (Å²) in [5.74, 6) is 1.29. The second-order valence-corrected chi connectivity index (χ2v) is 6.37. The zero-order valence-electron chi connectivity index (χ0n) is 13.2. The summed E-state index contributed by atoms with van der Waals surface area (Å²) in [4.78, 5) is 15.1. The summed E-state index contributed by atoms with van der Waals surface area (Å²) in [6.45, 7) is 6.54. The van der Waals surface area contributed by atoms with Gasteiger partial charge in [-0.1, -0.05) is 25.4 Å². The number of carbonyl (C=O) groups is 1. The number of rotatable bonds is 5. The smallest absolute Gasteiger partial charge is 0.231 e. The molecule has 1 aromatic carbocycles. The number of hydrogen-bond donors (Lipinski definition) is 0. The molecule has 4 nitrogen and oxygen atoms in total. The average molecular weight is 324 g/mol. The van der Waals surface area contributed by atoms with Crippen LogP contribution in [0.25, 0.3) is 0 Å².